The summed E-state index contributed by atoms with van der Waals surface area (Å²) in [6.07, 6.45) is 0. The Labute approximate surface area is 113 Å². The molecule has 0 radical (unpaired) electrons. The van der Waals surface area contributed by atoms with Crippen LogP contribution in [0, 0.1) is 0 Å². The molecular weight excluding hydrogens is 382 g/mol. The molecule has 1 aromatic rings. The molecule has 0 saturated carbocycles. The van der Waals surface area contributed by atoms with Crippen molar-refractivity contribution in [2.45, 2.75) is 0 Å². The summed E-state index contributed by atoms with van der Waals surface area (Å²) in [7, 11) is 3.66. The molecule has 0 atom stereocenters. The molecule has 0 aromatic carbocycles. The van der Waals surface area contributed by atoms with Crippen molar-refractivity contribution >= 4 is 66.9 Å². The fourth-order valence-electron chi connectivity index (χ4n) is 0.667. The van der Waals surface area contributed by atoms with Gasteiger partial charge in [-0.3, -0.25) is 0 Å². The van der Waals surface area contributed by atoms with Crippen molar-refractivity contribution in [3.63, 3.8) is 0 Å². The van der Waals surface area contributed by atoms with Gasteiger partial charge in [-0.2, -0.15) is 0 Å². The van der Waals surface area contributed by atoms with Crippen molar-refractivity contribution < 1.29 is 10.2 Å². The first-order valence-corrected chi connectivity index (χ1v) is 12.8. The van der Waals surface area contributed by atoms with Gasteiger partial charge in [-0.1, -0.05) is 0 Å². The van der Waals surface area contributed by atoms with Crippen LogP contribution in [-0.4, -0.2) is 62.6 Å². The van der Waals surface area contributed by atoms with E-state index in [0.717, 1.165) is 11.5 Å². The summed E-state index contributed by atoms with van der Waals surface area (Å²) in [5, 5.41) is 17.3. The Morgan fingerprint density at radius 3 is 1.87 bits per heavy atom. The van der Waals surface area contributed by atoms with Crippen molar-refractivity contribution in [2.75, 3.05) is 24.7 Å². The number of aliphatic hydroxyl groups is 2. The second-order valence-electron chi connectivity index (χ2n) is 2.33. The zero-order chi connectivity index (χ0) is 10.9. The third-order valence-corrected chi connectivity index (χ3v) is 12.5. The number of rotatable bonds is 8. The Hall–Kier alpha value is 1.36. The van der Waals surface area contributed by atoms with Crippen LogP contribution < -0.4 is 7.55 Å². The standard InChI is InChI=1S/C8H12O2S3Se2/c9-3-5-11-14-7-1-2-8(13-7)15-12-6-4-10/h1-2,9-10H,3-6H2. The quantitative estimate of drug-likeness (QED) is 0.469. The van der Waals surface area contributed by atoms with Gasteiger partial charge in [0, 0.05) is 0 Å². The van der Waals surface area contributed by atoms with Crippen molar-refractivity contribution in [1.29, 1.82) is 0 Å². The van der Waals surface area contributed by atoms with Gasteiger partial charge in [0.2, 0.25) is 0 Å². The van der Waals surface area contributed by atoms with Gasteiger partial charge in [-0.05, 0) is 0 Å². The first-order valence-electron chi connectivity index (χ1n) is 4.27. The van der Waals surface area contributed by atoms with Gasteiger partial charge >= 0.3 is 114 Å². The summed E-state index contributed by atoms with van der Waals surface area (Å²) < 4.78 is 2.89. The molecule has 1 aromatic heterocycles. The monoisotopic (exact) mass is 396 g/mol. The molecule has 86 valence electrons. The van der Waals surface area contributed by atoms with E-state index in [0.29, 0.717) is 27.7 Å². The van der Waals surface area contributed by atoms with Crippen molar-refractivity contribution in [2.24, 2.45) is 0 Å². The molecule has 0 saturated heterocycles. The van der Waals surface area contributed by atoms with Crippen molar-refractivity contribution in [3.8, 4) is 0 Å². The van der Waals surface area contributed by atoms with Gasteiger partial charge in [0.05, 0.1) is 0 Å². The van der Waals surface area contributed by atoms with Crippen molar-refractivity contribution in [3.05, 3.63) is 12.1 Å². The Morgan fingerprint density at radius 2 is 1.47 bits per heavy atom. The van der Waals surface area contributed by atoms with Gasteiger partial charge < -0.3 is 0 Å². The Morgan fingerprint density at radius 1 is 1.00 bits per heavy atom. The van der Waals surface area contributed by atoms with Crippen LogP contribution in [0.15, 0.2) is 12.1 Å². The molecule has 7 heteroatoms. The summed E-state index contributed by atoms with van der Waals surface area (Å²) >= 11 is 2.81. The number of hydrogen-bond donors (Lipinski definition) is 2. The zero-order valence-corrected chi connectivity index (χ0v) is 13.8. The predicted molar refractivity (Wildman–Crippen MR) is 74.2 cm³/mol. The summed E-state index contributed by atoms with van der Waals surface area (Å²) in [5.74, 6) is 1.69. The summed E-state index contributed by atoms with van der Waals surface area (Å²) in [6.45, 7) is 0.557. The molecule has 1 rings (SSSR count). The molecule has 0 fully saturated rings. The van der Waals surface area contributed by atoms with Crippen LogP contribution in [0.4, 0.5) is 0 Å². The van der Waals surface area contributed by atoms with Crippen LogP contribution in [0.3, 0.4) is 0 Å². The van der Waals surface area contributed by atoms with Gasteiger partial charge in [-0.25, -0.2) is 0 Å². The van der Waals surface area contributed by atoms with E-state index >= 15 is 0 Å². The Bertz CT molecular complexity index is 246. The minimum atomic E-state index is 0.279. The molecular formula is C8H12O2S3Se2. The molecule has 2 N–H and O–H groups in total. The number of thiophene rings is 1. The molecule has 0 aliphatic heterocycles. The van der Waals surface area contributed by atoms with Gasteiger partial charge in [0.25, 0.3) is 0 Å². The van der Waals surface area contributed by atoms with Crippen LogP contribution in [0.2, 0.25) is 0 Å². The third-order valence-electron chi connectivity index (χ3n) is 1.19. The van der Waals surface area contributed by atoms with E-state index in [4.69, 9.17) is 10.2 Å². The Kier molecular flexibility index (Phi) is 9.03. The summed E-state index contributed by atoms with van der Waals surface area (Å²) in [5.41, 5.74) is 0. The number of hydrogen-bond acceptors (Lipinski definition) is 5. The fourth-order valence-corrected chi connectivity index (χ4v) is 11.2. The van der Waals surface area contributed by atoms with Crippen molar-refractivity contribution in [1.82, 2.24) is 0 Å². The maximum absolute atomic E-state index is 8.66. The topological polar surface area (TPSA) is 40.5 Å². The van der Waals surface area contributed by atoms with E-state index < -0.39 is 0 Å². The molecule has 0 aliphatic rings. The molecule has 2 nitrogen and oxygen atoms in total. The normalized spacial score (nSPS) is 10.8. The van der Waals surface area contributed by atoms with E-state index in [9.17, 15) is 0 Å². The minimum absolute atomic E-state index is 0.279. The molecule has 1 heterocycles. The summed E-state index contributed by atoms with van der Waals surface area (Å²) in [4.78, 5) is 0. The first-order chi connectivity index (χ1) is 7.36. The number of aliphatic hydroxyl groups excluding tert-OH is 2. The zero-order valence-electron chi connectivity index (χ0n) is 7.92. The first kappa shape index (κ1) is 14.4. The average molecular weight is 394 g/mol. The van der Waals surface area contributed by atoms with Gasteiger partial charge in [0.1, 0.15) is 0 Å². The van der Waals surface area contributed by atoms with Crippen LogP contribution in [0.1, 0.15) is 0 Å². The second-order valence-corrected chi connectivity index (χ2v) is 13.1. The second kappa shape index (κ2) is 9.40. The molecule has 0 bridgehead atoms. The van der Waals surface area contributed by atoms with E-state index in [1.807, 2.05) is 31.7 Å². The molecule has 15 heavy (non-hydrogen) atoms. The predicted octanol–water partition coefficient (Wildman–Crippen LogP) is -0.312. The third kappa shape index (κ3) is 6.61. The SMILES string of the molecule is OCCS[Se]c1ccc([Se]SCCO)s1. The van der Waals surface area contributed by atoms with Gasteiger partial charge in [0.15, 0.2) is 0 Å². The maximum atomic E-state index is 8.66. The fraction of sp³-hybridized carbons (Fsp3) is 0.500. The molecule has 0 spiro atoms. The Balaban J connectivity index is 2.23. The molecule has 0 unspecified atom stereocenters. The van der Waals surface area contributed by atoms with Crippen LogP contribution >= 0.6 is 31.7 Å². The van der Waals surface area contributed by atoms with E-state index in [-0.39, 0.29) is 13.2 Å². The van der Waals surface area contributed by atoms with Crippen LogP contribution in [0.25, 0.3) is 0 Å². The van der Waals surface area contributed by atoms with E-state index in [1.54, 1.807) is 0 Å². The van der Waals surface area contributed by atoms with E-state index in [2.05, 4.69) is 12.1 Å². The van der Waals surface area contributed by atoms with E-state index in [1.165, 1.54) is 7.55 Å². The molecule has 0 aliphatic carbocycles. The van der Waals surface area contributed by atoms with Gasteiger partial charge in [-0.15, -0.1) is 0 Å². The van der Waals surface area contributed by atoms with Crippen LogP contribution in [-0.2, 0) is 0 Å². The summed E-state index contributed by atoms with van der Waals surface area (Å²) in [6, 6.07) is 4.40. The average Bonchev–Trinajstić information content (AvgIpc) is 2.67. The van der Waals surface area contributed by atoms with Crippen LogP contribution in [0.5, 0.6) is 0 Å². The molecule has 0 amide bonds.